The van der Waals surface area contributed by atoms with E-state index in [1.165, 1.54) is 6.26 Å². The van der Waals surface area contributed by atoms with E-state index in [2.05, 4.69) is 5.32 Å². The van der Waals surface area contributed by atoms with Gasteiger partial charge in [0.1, 0.15) is 19.5 Å². The van der Waals surface area contributed by atoms with Gasteiger partial charge in [-0.25, -0.2) is 4.79 Å². The molecule has 0 saturated heterocycles. The van der Waals surface area contributed by atoms with Crippen molar-refractivity contribution in [1.82, 2.24) is 5.32 Å². The molecule has 3 rings (SSSR count). The van der Waals surface area contributed by atoms with Gasteiger partial charge in [0.2, 0.25) is 5.76 Å². The van der Waals surface area contributed by atoms with Crippen molar-refractivity contribution in [3.8, 4) is 0 Å². The molecule has 1 amide bonds. The zero-order chi connectivity index (χ0) is 17.6. The van der Waals surface area contributed by atoms with Crippen molar-refractivity contribution in [3.63, 3.8) is 0 Å². The molecule has 6 nitrogen and oxygen atoms in total. The van der Waals surface area contributed by atoms with Crippen LogP contribution in [0.3, 0.4) is 0 Å². The summed E-state index contributed by atoms with van der Waals surface area (Å²) in [7, 11) is 0. The number of hydrogen-bond acceptors (Lipinski definition) is 5. The molecule has 0 spiro atoms. The molecule has 0 saturated carbocycles. The fourth-order valence-corrected chi connectivity index (χ4v) is 2.67. The second-order valence-corrected chi connectivity index (χ2v) is 5.64. The van der Waals surface area contributed by atoms with E-state index in [0.29, 0.717) is 6.61 Å². The maximum absolute atomic E-state index is 12.1. The molecule has 0 aliphatic carbocycles. The lowest BCUT2D eigenvalue weighted by atomic mass is 10.00. The molecule has 0 fully saturated rings. The Bertz CT molecular complexity index is 809. The highest BCUT2D eigenvalue weighted by atomic mass is 16.6. The van der Waals surface area contributed by atoms with Gasteiger partial charge in [-0.15, -0.1) is 0 Å². The lowest BCUT2D eigenvalue weighted by Gasteiger charge is -2.17. The summed E-state index contributed by atoms with van der Waals surface area (Å²) in [4.78, 5) is 23.8. The van der Waals surface area contributed by atoms with E-state index in [9.17, 15) is 9.59 Å². The zero-order valence-electron chi connectivity index (χ0n) is 13.9. The van der Waals surface area contributed by atoms with Gasteiger partial charge in [-0.2, -0.15) is 0 Å². The third kappa shape index (κ3) is 4.09. The van der Waals surface area contributed by atoms with Gasteiger partial charge < -0.3 is 19.5 Å². The average Bonchev–Trinajstić information content (AvgIpc) is 2.66. The number of fused-ring (bicyclic) bond motifs is 1. The zero-order valence-corrected chi connectivity index (χ0v) is 13.9. The SMILES string of the molecule is C[C@@H](NC(=O)COC(=O)C1=COCCO1)c1cccc2ccccc12. The molecule has 2 aromatic rings. The van der Waals surface area contributed by atoms with Crippen molar-refractivity contribution < 1.29 is 23.8 Å². The van der Waals surface area contributed by atoms with Crippen LogP contribution in [0.4, 0.5) is 0 Å². The monoisotopic (exact) mass is 341 g/mol. The number of carbonyl (C=O) groups is 2. The van der Waals surface area contributed by atoms with Crippen LogP contribution < -0.4 is 5.32 Å². The summed E-state index contributed by atoms with van der Waals surface area (Å²) in [6, 6.07) is 13.7. The normalized spacial score (nSPS) is 14.7. The van der Waals surface area contributed by atoms with E-state index in [1.54, 1.807) is 0 Å². The second-order valence-electron chi connectivity index (χ2n) is 5.64. The van der Waals surface area contributed by atoms with E-state index >= 15 is 0 Å². The van der Waals surface area contributed by atoms with Crippen molar-refractivity contribution in [1.29, 1.82) is 0 Å². The summed E-state index contributed by atoms with van der Waals surface area (Å²) < 4.78 is 15.0. The van der Waals surface area contributed by atoms with Crippen LogP contribution in [0.2, 0.25) is 0 Å². The smallest absolute Gasteiger partial charge is 0.377 e. The van der Waals surface area contributed by atoms with Crippen molar-refractivity contribution in [2.75, 3.05) is 19.8 Å². The van der Waals surface area contributed by atoms with Gasteiger partial charge in [-0.05, 0) is 23.3 Å². The Kier molecular flexibility index (Phi) is 5.18. The summed E-state index contributed by atoms with van der Waals surface area (Å²) in [5.41, 5.74) is 1.00. The first kappa shape index (κ1) is 16.8. The molecule has 0 unspecified atom stereocenters. The largest absolute Gasteiger partial charge is 0.493 e. The second kappa shape index (κ2) is 7.70. The molecule has 0 radical (unpaired) electrons. The maximum Gasteiger partial charge on any atom is 0.377 e. The van der Waals surface area contributed by atoms with E-state index in [-0.39, 0.29) is 30.9 Å². The van der Waals surface area contributed by atoms with E-state index in [1.807, 2.05) is 49.4 Å². The Balaban J connectivity index is 1.58. The molecule has 2 aromatic carbocycles. The Morgan fingerprint density at radius 1 is 1.16 bits per heavy atom. The van der Waals surface area contributed by atoms with Crippen LogP contribution in [-0.2, 0) is 23.8 Å². The third-order valence-electron chi connectivity index (χ3n) is 3.85. The van der Waals surface area contributed by atoms with Gasteiger partial charge in [0, 0.05) is 0 Å². The number of carbonyl (C=O) groups excluding carboxylic acids is 2. The Labute approximate surface area is 145 Å². The van der Waals surface area contributed by atoms with E-state index in [0.717, 1.165) is 16.3 Å². The minimum Gasteiger partial charge on any atom is -0.493 e. The molecular weight excluding hydrogens is 322 g/mol. The molecule has 1 N–H and O–H groups in total. The number of esters is 1. The summed E-state index contributed by atoms with van der Waals surface area (Å²) in [5.74, 6) is -1.13. The standard InChI is InChI=1S/C19H19NO5/c1-13(15-8-4-6-14-5-2-3-7-16(14)15)20-18(21)12-25-19(22)17-11-23-9-10-24-17/h2-8,11,13H,9-10,12H2,1H3,(H,20,21)/t13-/m1/s1. The molecule has 25 heavy (non-hydrogen) atoms. The van der Waals surface area contributed by atoms with Crippen LogP contribution in [0.25, 0.3) is 10.8 Å². The van der Waals surface area contributed by atoms with Crippen molar-refractivity contribution in [3.05, 3.63) is 60.0 Å². The minimum absolute atomic E-state index is 0.0267. The number of nitrogens with one attached hydrogen (secondary N) is 1. The van der Waals surface area contributed by atoms with Gasteiger partial charge >= 0.3 is 5.97 Å². The van der Waals surface area contributed by atoms with Crippen molar-refractivity contribution in [2.24, 2.45) is 0 Å². The summed E-state index contributed by atoms with van der Waals surface area (Å²) in [5, 5.41) is 5.02. The van der Waals surface area contributed by atoms with Crippen LogP contribution >= 0.6 is 0 Å². The Morgan fingerprint density at radius 3 is 2.76 bits per heavy atom. The van der Waals surface area contributed by atoms with E-state index in [4.69, 9.17) is 14.2 Å². The van der Waals surface area contributed by atoms with Crippen LogP contribution in [0.5, 0.6) is 0 Å². The molecule has 1 atom stereocenters. The predicted octanol–water partition coefficient (Wildman–Crippen LogP) is 2.45. The lowest BCUT2D eigenvalue weighted by molar-refractivity contribution is -0.149. The highest BCUT2D eigenvalue weighted by Crippen LogP contribution is 2.23. The van der Waals surface area contributed by atoms with Gasteiger partial charge in [0.25, 0.3) is 5.91 Å². The van der Waals surface area contributed by atoms with Crippen LogP contribution in [0, 0.1) is 0 Å². The third-order valence-corrected chi connectivity index (χ3v) is 3.85. The van der Waals surface area contributed by atoms with Crippen LogP contribution in [0.1, 0.15) is 18.5 Å². The predicted molar refractivity (Wildman–Crippen MR) is 91.5 cm³/mol. The van der Waals surface area contributed by atoms with Gasteiger partial charge in [0.05, 0.1) is 6.04 Å². The van der Waals surface area contributed by atoms with Crippen LogP contribution in [-0.4, -0.2) is 31.7 Å². The summed E-state index contributed by atoms with van der Waals surface area (Å²) >= 11 is 0. The highest BCUT2D eigenvalue weighted by molar-refractivity contribution is 5.89. The number of hydrogen-bond donors (Lipinski definition) is 1. The number of amides is 1. The van der Waals surface area contributed by atoms with Gasteiger partial charge in [-0.3, -0.25) is 4.79 Å². The molecule has 130 valence electrons. The highest BCUT2D eigenvalue weighted by Gasteiger charge is 2.19. The van der Waals surface area contributed by atoms with Gasteiger partial charge in [0.15, 0.2) is 6.61 Å². The molecule has 6 heteroatoms. The van der Waals surface area contributed by atoms with Crippen LogP contribution in [0.15, 0.2) is 54.5 Å². The summed E-state index contributed by atoms with van der Waals surface area (Å²) in [6.07, 6.45) is 1.20. The van der Waals surface area contributed by atoms with Gasteiger partial charge in [-0.1, -0.05) is 42.5 Å². The van der Waals surface area contributed by atoms with Crippen molar-refractivity contribution in [2.45, 2.75) is 13.0 Å². The first-order valence-electron chi connectivity index (χ1n) is 8.04. The molecule has 0 aromatic heterocycles. The molecule has 1 aliphatic heterocycles. The topological polar surface area (TPSA) is 73.9 Å². The first-order chi connectivity index (χ1) is 12.1. The Morgan fingerprint density at radius 2 is 1.96 bits per heavy atom. The minimum atomic E-state index is -0.715. The Hall–Kier alpha value is -3.02. The molecule has 1 aliphatic rings. The summed E-state index contributed by atoms with van der Waals surface area (Å²) in [6.45, 7) is 2.18. The number of benzene rings is 2. The number of rotatable bonds is 5. The fraction of sp³-hybridized carbons (Fsp3) is 0.263. The quantitative estimate of drug-likeness (QED) is 0.846. The number of ether oxygens (including phenoxy) is 3. The molecular formula is C19H19NO5. The van der Waals surface area contributed by atoms with Crippen molar-refractivity contribution >= 4 is 22.6 Å². The lowest BCUT2D eigenvalue weighted by Crippen LogP contribution is -2.31. The molecule has 1 heterocycles. The maximum atomic E-state index is 12.1. The fourth-order valence-electron chi connectivity index (χ4n) is 2.67. The average molecular weight is 341 g/mol. The first-order valence-corrected chi connectivity index (χ1v) is 8.04. The molecule has 0 bridgehead atoms. The van der Waals surface area contributed by atoms with E-state index < -0.39 is 5.97 Å².